The van der Waals surface area contributed by atoms with Crippen molar-refractivity contribution in [2.24, 2.45) is 0 Å². The number of esters is 1. The van der Waals surface area contributed by atoms with Gasteiger partial charge in [0, 0.05) is 17.0 Å². The van der Waals surface area contributed by atoms with E-state index in [1.165, 1.54) is 7.11 Å². The molecule has 0 fully saturated rings. The van der Waals surface area contributed by atoms with E-state index in [1.807, 2.05) is 48.5 Å². The van der Waals surface area contributed by atoms with Gasteiger partial charge in [-0.1, -0.05) is 48.5 Å². The molecule has 0 saturated carbocycles. The topological polar surface area (TPSA) is 86.0 Å². The van der Waals surface area contributed by atoms with Crippen molar-refractivity contribution in [1.82, 2.24) is 9.13 Å². The fraction of sp³-hybridized carbons (Fsp3) is 0.0400. The molecule has 0 spiro atoms. The Morgan fingerprint density at radius 2 is 1.45 bits per heavy atom. The van der Waals surface area contributed by atoms with Crippen LogP contribution in [0.5, 0.6) is 0 Å². The lowest BCUT2D eigenvalue weighted by atomic mass is 10.2. The van der Waals surface area contributed by atoms with Gasteiger partial charge in [-0.25, -0.2) is 4.79 Å². The lowest BCUT2D eigenvalue weighted by Crippen LogP contribution is -2.12. The van der Waals surface area contributed by atoms with Crippen molar-refractivity contribution >= 4 is 33.5 Å². The first-order valence-electron chi connectivity index (χ1n) is 9.73. The summed E-state index contributed by atoms with van der Waals surface area (Å²) in [7, 11) is 1.30. The maximum atomic E-state index is 12.5. The van der Waals surface area contributed by atoms with Crippen LogP contribution in [0.1, 0.15) is 16.1 Å². The van der Waals surface area contributed by atoms with Gasteiger partial charge in [0.15, 0.2) is 5.69 Å². The van der Waals surface area contributed by atoms with E-state index in [4.69, 9.17) is 10.5 Å². The van der Waals surface area contributed by atoms with E-state index in [-0.39, 0.29) is 16.9 Å². The summed E-state index contributed by atoms with van der Waals surface area (Å²) in [4.78, 5) is 12.5. The monoisotopic (exact) mass is 406 g/mol. The highest BCUT2D eigenvalue weighted by Crippen LogP contribution is 2.35. The van der Waals surface area contributed by atoms with Crippen LogP contribution >= 0.6 is 0 Å². The first-order chi connectivity index (χ1) is 15.2. The second-order valence-electron chi connectivity index (χ2n) is 7.14. The lowest BCUT2D eigenvalue weighted by Gasteiger charge is -2.16. The van der Waals surface area contributed by atoms with Gasteiger partial charge in [-0.15, -0.1) is 0 Å². The van der Waals surface area contributed by atoms with Crippen molar-refractivity contribution in [2.45, 2.75) is 0 Å². The number of hydrogen-bond acceptors (Lipinski definition) is 4. The summed E-state index contributed by atoms with van der Waals surface area (Å²) in [5, 5.41) is 11.8. The van der Waals surface area contributed by atoms with Crippen LogP contribution in [0.2, 0.25) is 0 Å². The molecular formula is C25H18N4O2. The Balaban J connectivity index is 1.89. The van der Waals surface area contributed by atoms with Gasteiger partial charge < -0.3 is 19.6 Å². The zero-order valence-corrected chi connectivity index (χ0v) is 16.7. The van der Waals surface area contributed by atoms with Crippen LogP contribution in [-0.4, -0.2) is 22.2 Å². The minimum atomic E-state index is -0.601. The van der Waals surface area contributed by atoms with Crippen molar-refractivity contribution in [3.63, 3.8) is 0 Å². The number of hydrogen-bond donors (Lipinski definition) is 1. The number of rotatable bonds is 3. The molecular weight excluding hydrogens is 388 g/mol. The molecule has 2 heterocycles. The zero-order valence-electron chi connectivity index (χ0n) is 16.7. The number of carbonyl (C=O) groups is 1. The van der Waals surface area contributed by atoms with Crippen molar-refractivity contribution in [3.05, 3.63) is 90.3 Å². The number of nitrogens with zero attached hydrogens (tertiary/aromatic N) is 3. The van der Waals surface area contributed by atoms with Crippen LogP contribution in [-0.2, 0) is 4.74 Å². The zero-order chi connectivity index (χ0) is 21.5. The van der Waals surface area contributed by atoms with Gasteiger partial charge in [0.05, 0.1) is 40.8 Å². The predicted molar refractivity (Wildman–Crippen MR) is 121 cm³/mol. The third-order valence-corrected chi connectivity index (χ3v) is 5.51. The highest BCUT2D eigenvalue weighted by molar-refractivity contribution is 6.09. The summed E-state index contributed by atoms with van der Waals surface area (Å²) in [6.45, 7) is 0. The van der Waals surface area contributed by atoms with E-state index in [9.17, 15) is 10.1 Å². The van der Waals surface area contributed by atoms with E-state index in [1.54, 1.807) is 10.8 Å². The number of nitrogen functional groups attached to an aromatic ring is 1. The molecule has 0 amide bonds. The fourth-order valence-corrected chi connectivity index (χ4v) is 4.14. The molecule has 0 bridgehead atoms. The standard InChI is InChI=1S/C25H18N4O2/c1-31-25(30)24-23(27)16(14-26)15-28(24)21-12-6-7-13-22(21)29-19-10-4-2-8-17(19)18-9-3-5-11-20(18)29/h2-13,15H,27H2,1H3. The minimum absolute atomic E-state index is 0.103. The Kier molecular flexibility index (Phi) is 4.23. The normalized spacial score (nSPS) is 11.0. The molecule has 6 heteroatoms. The first kappa shape index (κ1) is 18.5. The second-order valence-corrected chi connectivity index (χ2v) is 7.14. The van der Waals surface area contributed by atoms with Crippen LogP contribution in [0.15, 0.2) is 79.0 Å². The molecule has 2 N–H and O–H groups in total. The maximum absolute atomic E-state index is 12.5. The second kappa shape index (κ2) is 7.08. The van der Waals surface area contributed by atoms with Crippen molar-refractivity contribution in [3.8, 4) is 17.4 Å². The molecule has 6 nitrogen and oxygen atoms in total. The van der Waals surface area contributed by atoms with Crippen molar-refractivity contribution < 1.29 is 9.53 Å². The van der Waals surface area contributed by atoms with E-state index < -0.39 is 5.97 Å². The molecule has 31 heavy (non-hydrogen) atoms. The van der Waals surface area contributed by atoms with Gasteiger partial charge in [0.1, 0.15) is 6.07 Å². The first-order valence-corrected chi connectivity index (χ1v) is 9.73. The number of carbonyl (C=O) groups excluding carboxylic acids is 1. The smallest absolute Gasteiger partial charge is 0.357 e. The fourth-order valence-electron chi connectivity index (χ4n) is 4.14. The summed E-state index contributed by atoms with van der Waals surface area (Å²) in [5.41, 5.74) is 10.2. The third kappa shape index (κ3) is 2.68. The van der Waals surface area contributed by atoms with Crippen LogP contribution < -0.4 is 5.73 Å². The molecule has 5 rings (SSSR count). The third-order valence-electron chi connectivity index (χ3n) is 5.51. The quantitative estimate of drug-likeness (QED) is 0.436. The Labute approximate surface area is 178 Å². The summed E-state index contributed by atoms with van der Waals surface area (Å²) in [5.74, 6) is -0.601. The van der Waals surface area contributed by atoms with Crippen LogP contribution in [0, 0.1) is 11.3 Å². The summed E-state index contributed by atoms with van der Waals surface area (Å²) >= 11 is 0. The van der Waals surface area contributed by atoms with Crippen molar-refractivity contribution in [1.29, 1.82) is 5.26 Å². The van der Waals surface area contributed by atoms with Crippen molar-refractivity contribution in [2.75, 3.05) is 12.8 Å². The molecule has 0 unspecified atom stereocenters. The Morgan fingerprint density at radius 3 is 2.03 bits per heavy atom. The molecule has 5 aromatic rings. The van der Waals surface area contributed by atoms with Gasteiger partial charge in [0.2, 0.25) is 0 Å². The van der Waals surface area contributed by atoms with Gasteiger partial charge in [-0.2, -0.15) is 5.26 Å². The highest BCUT2D eigenvalue weighted by Gasteiger charge is 2.24. The summed E-state index contributed by atoms with van der Waals surface area (Å²) in [6.07, 6.45) is 1.58. The maximum Gasteiger partial charge on any atom is 0.357 e. The summed E-state index contributed by atoms with van der Waals surface area (Å²) in [6, 6.07) is 26.1. The molecule has 2 aromatic heterocycles. The average Bonchev–Trinajstić information content (AvgIpc) is 3.33. The minimum Gasteiger partial charge on any atom is -0.464 e. The molecule has 0 aliphatic heterocycles. The average molecular weight is 406 g/mol. The largest absolute Gasteiger partial charge is 0.464 e. The highest BCUT2D eigenvalue weighted by atomic mass is 16.5. The number of anilines is 1. The lowest BCUT2D eigenvalue weighted by molar-refractivity contribution is 0.0593. The van der Waals surface area contributed by atoms with Crippen LogP contribution in [0.4, 0.5) is 5.69 Å². The summed E-state index contributed by atoms with van der Waals surface area (Å²) < 4.78 is 8.75. The van der Waals surface area contributed by atoms with Crippen LogP contribution in [0.3, 0.4) is 0 Å². The molecule has 3 aromatic carbocycles. The van der Waals surface area contributed by atoms with Crippen LogP contribution in [0.25, 0.3) is 33.2 Å². The Hall–Kier alpha value is -4.50. The van der Waals surface area contributed by atoms with E-state index >= 15 is 0 Å². The van der Waals surface area contributed by atoms with E-state index in [0.29, 0.717) is 5.69 Å². The number of benzene rings is 3. The number of ether oxygens (including phenoxy) is 1. The number of aromatic nitrogens is 2. The molecule has 0 aliphatic rings. The number of nitriles is 1. The van der Waals surface area contributed by atoms with E-state index in [0.717, 1.165) is 27.5 Å². The van der Waals surface area contributed by atoms with Gasteiger partial charge >= 0.3 is 5.97 Å². The molecule has 150 valence electrons. The number of nitrogens with two attached hydrogens (primary N) is 1. The van der Waals surface area contributed by atoms with Gasteiger partial charge in [-0.3, -0.25) is 0 Å². The molecule has 0 saturated heterocycles. The number of methoxy groups -OCH3 is 1. The SMILES string of the molecule is COC(=O)c1c(N)c(C#N)cn1-c1ccccc1-n1c2ccccc2c2ccccc21. The number of para-hydroxylation sites is 4. The Morgan fingerprint density at radius 1 is 0.903 bits per heavy atom. The molecule has 0 atom stereocenters. The molecule has 0 radical (unpaired) electrons. The number of fused-ring (bicyclic) bond motifs is 3. The van der Waals surface area contributed by atoms with Gasteiger partial charge in [-0.05, 0) is 24.3 Å². The Bertz CT molecular complexity index is 1460. The van der Waals surface area contributed by atoms with Gasteiger partial charge in [0.25, 0.3) is 0 Å². The van der Waals surface area contributed by atoms with E-state index in [2.05, 4.69) is 34.9 Å². The predicted octanol–water partition coefficient (Wildman–Crippen LogP) is 4.81. The molecule has 0 aliphatic carbocycles.